The summed E-state index contributed by atoms with van der Waals surface area (Å²) in [5.41, 5.74) is -6.35. The van der Waals surface area contributed by atoms with Crippen molar-refractivity contribution in [3.05, 3.63) is 0 Å². The van der Waals surface area contributed by atoms with Gasteiger partial charge in [-0.05, 0) is 0 Å². The van der Waals surface area contributed by atoms with E-state index < -0.39 is 38.0 Å². The van der Waals surface area contributed by atoms with E-state index in [0.717, 1.165) is 0 Å². The Morgan fingerprint density at radius 3 is 1.00 bits per heavy atom. The first-order chi connectivity index (χ1) is 8.25. The van der Waals surface area contributed by atoms with Crippen molar-refractivity contribution < 1.29 is 48.3 Å². The monoisotopic (exact) mass is 345 g/mol. The van der Waals surface area contributed by atoms with Crippen LogP contribution in [0.1, 0.15) is 0 Å². The largest absolute Gasteiger partial charge is 0.460 e. The molecule has 0 aromatic heterocycles. The van der Waals surface area contributed by atoms with Crippen molar-refractivity contribution in [2.75, 3.05) is 0 Å². The van der Waals surface area contributed by atoms with E-state index in [0.29, 0.717) is 0 Å². The number of alkyl halides is 11. The molecule has 6 N–H and O–H groups in total. The Morgan fingerprint density at radius 2 is 0.800 bits per heavy atom. The summed E-state index contributed by atoms with van der Waals surface area (Å²) < 4.78 is 136. The van der Waals surface area contributed by atoms with E-state index in [-0.39, 0.29) is 0 Å². The van der Waals surface area contributed by atoms with Crippen molar-refractivity contribution >= 4 is 8.56 Å². The molecule has 3 nitrogen and oxygen atoms in total. The van der Waals surface area contributed by atoms with Crippen LogP contribution in [-0.2, 0) is 0 Å². The van der Waals surface area contributed by atoms with Gasteiger partial charge in [-0.25, -0.2) is 0 Å². The Morgan fingerprint density at radius 1 is 0.500 bits per heavy atom. The van der Waals surface area contributed by atoms with Gasteiger partial charge in [0.15, 0.2) is 0 Å². The summed E-state index contributed by atoms with van der Waals surface area (Å²) in [6, 6.07) is 0. The third kappa shape index (κ3) is 2.35. The molecule has 0 saturated heterocycles. The maximum Gasteiger partial charge on any atom is 0.460 e. The lowest BCUT2D eigenvalue weighted by Gasteiger charge is -2.40. The van der Waals surface area contributed by atoms with Gasteiger partial charge in [0.05, 0.1) is 0 Å². The fraction of sp³-hybridized carbons (Fsp3) is 1.00. The van der Waals surface area contributed by atoms with Gasteiger partial charge in [0, 0.05) is 0 Å². The van der Waals surface area contributed by atoms with Gasteiger partial charge in [-0.1, -0.05) is 0 Å². The molecule has 0 aromatic rings. The van der Waals surface area contributed by atoms with E-state index in [1.165, 1.54) is 0 Å². The topological polar surface area (TPSA) is 78.1 Å². The van der Waals surface area contributed by atoms with Crippen LogP contribution in [0.25, 0.3) is 0 Å². The summed E-state index contributed by atoms with van der Waals surface area (Å²) in [4.78, 5) is 0. The molecule has 0 aromatic carbocycles. The van der Waals surface area contributed by atoms with Gasteiger partial charge in [0.1, 0.15) is 0 Å². The Balaban J connectivity index is 6.08. The Bertz CT molecular complexity index is 333. The number of hydrogen-bond donors (Lipinski definition) is 3. The van der Waals surface area contributed by atoms with E-state index in [9.17, 15) is 48.3 Å². The Kier molecular flexibility index (Phi) is 4.26. The molecular formula is C5H6F11N3Si. The smallest absolute Gasteiger partial charge is 0.323 e. The van der Waals surface area contributed by atoms with Gasteiger partial charge in [0.25, 0.3) is 0 Å². The lowest BCUT2D eigenvalue weighted by atomic mass is 10.0. The Labute approximate surface area is 104 Å². The van der Waals surface area contributed by atoms with Gasteiger partial charge >= 0.3 is 38.0 Å². The predicted octanol–water partition coefficient (Wildman–Crippen LogP) is 1.44. The summed E-state index contributed by atoms with van der Waals surface area (Å²) >= 11 is 0. The van der Waals surface area contributed by atoms with Crippen LogP contribution in [0.4, 0.5) is 48.3 Å². The number of rotatable bonds is 4. The lowest BCUT2D eigenvalue weighted by molar-refractivity contribution is -0.414. The second kappa shape index (κ2) is 4.41. The van der Waals surface area contributed by atoms with Gasteiger partial charge < -0.3 is 16.2 Å². The molecule has 0 spiro atoms. The molecule has 0 aliphatic rings. The predicted molar refractivity (Wildman–Crippen MR) is 44.2 cm³/mol. The molecule has 122 valence electrons. The van der Waals surface area contributed by atoms with Crippen molar-refractivity contribution in [2.45, 2.75) is 29.5 Å². The second-order valence-electron chi connectivity index (χ2n) is 3.73. The lowest BCUT2D eigenvalue weighted by Crippen LogP contribution is -2.84. The van der Waals surface area contributed by atoms with Crippen LogP contribution in [0, 0.1) is 0 Å². The van der Waals surface area contributed by atoms with Crippen LogP contribution in [0.2, 0.25) is 0 Å². The van der Waals surface area contributed by atoms with E-state index in [2.05, 4.69) is 16.2 Å². The highest BCUT2D eigenvalue weighted by molar-refractivity contribution is 6.73. The normalized spacial score (nSPS) is 16.5. The molecule has 0 saturated carbocycles. The molecule has 0 aliphatic carbocycles. The maximum absolute atomic E-state index is 12.9. The first kappa shape index (κ1) is 19.3. The van der Waals surface area contributed by atoms with Gasteiger partial charge in [-0.15, -0.1) is 0 Å². The summed E-state index contributed by atoms with van der Waals surface area (Å²) in [5.74, 6) is -22.2. The zero-order valence-corrected chi connectivity index (χ0v) is 9.89. The first-order valence-corrected chi connectivity index (χ1v) is 6.43. The van der Waals surface area contributed by atoms with Crippen LogP contribution < -0.4 is 16.2 Å². The fourth-order valence-electron chi connectivity index (χ4n) is 0.844. The highest BCUT2D eigenvalue weighted by Crippen LogP contribution is 2.57. The van der Waals surface area contributed by atoms with Gasteiger partial charge in [-0.2, -0.15) is 48.3 Å². The molecule has 0 fully saturated rings. The van der Waals surface area contributed by atoms with Crippen LogP contribution >= 0.6 is 0 Å². The molecule has 0 amide bonds. The van der Waals surface area contributed by atoms with Crippen molar-refractivity contribution in [3.63, 3.8) is 0 Å². The maximum atomic E-state index is 12.9. The number of halogens is 11. The minimum atomic E-state index is -7.53. The number of hydrogen-bond acceptors (Lipinski definition) is 3. The molecule has 0 atom stereocenters. The summed E-state index contributed by atoms with van der Waals surface area (Å²) in [6.07, 6.45) is -7.22. The minimum absolute atomic E-state index is 4.15. The van der Waals surface area contributed by atoms with Crippen molar-refractivity contribution in [2.24, 2.45) is 16.2 Å². The van der Waals surface area contributed by atoms with Gasteiger partial charge in [-0.3, -0.25) is 0 Å². The molecule has 0 heterocycles. The SMILES string of the molecule is N[Si](N)(N)C(F)(F)C(F)(F)C(F)(F)C(F)(F)C(F)(F)F. The average Bonchev–Trinajstić information content (AvgIpc) is 2.12. The molecule has 0 aliphatic heterocycles. The van der Waals surface area contributed by atoms with Crippen molar-refractivity contribution in [1.82, 2.24) is 0 Å². The van der Waals surface area contributed by atoms with E-state index >= 15 is 0 Å². The first-order valence-electron chi connectivity index (χ1n) is 4.19. The van der Waals surface area contributed by atoms with E-state index in [1.807, 2.05) is 0 Å². The summed E-state index contributed by atoms with van der Waals surface area (Å²) in [5, 5.41) is 12.5. The molecule has 20 heavy (non-hydrogen) atoms. The molecule has 0 radical (unpaired) electrons. The average molecular weight is 345 g/mol. The highest BCUT2D eigenvalue weighted by atomic mass is 28.4. The van der Waals surface area contributed by atoms with E-state index in [1.54, 1.807) is 0 Å². The summed E-state index contributed by atoms with van der Waals surface area (Å²) in [7, 11) is -6.03. The zero-order chi connectivity index (χ0) is 17.0. The molecular weight excluding hydrogens is 339 g/mol. The second-order valence-corrected chi connectivity index (χ2v) is 6.22. The van der Waals surface area contributed by atoms with E-state index in [4.69, 9.17) is 0 Å². The quantitative estimate of drug-likeness (QED) is 0.533. The van der Waals surface area contributed by atoms with Crippen LogP contribution in [0.3, 0.4) is 0 Å². The van der Waals surface area contributed by atoms with Gasteiger partial charge in [0.2, 0.25) is 0 Å². The summed E-state index contributed by atoms with van der Waals surface area (Å²) in [6.45, 7) is 0. The minimum Gasteiger partial charge on any atom is -0.323 e. The Hall–Kier alpha value is -0.673. The number of nitrogens with two attached hydrogens (primary N) is 3. The van der Waals surface area contributed by atoms with Crippen molar-refractivity contribution in [1.29, 1.82) is 0 Å². The highest BCUT2D eigenvalue weighted by Gasteiger charge is 2.89. The zero-order valence-electron chi connectivity index (χ0n) is 8.89. The fourth-order valence-corrected chi connectivity index (χ4v) is 1.55. The molecule has 0 rings (SSSR count). The molecule has 0 bridgehead atoms. The van der Waals surface area contributed by atoms with Crippen LogP contribution in [0.5, 0.6) is 0 Å². The third-order valence-corrected chi connectivity index (χ3v) is 3.48. The molecule has 0 unspecified atom stereocenters. The van der Waals surface area contributed by atoms with Crippen molar-refractivity contribution in [3.8, 4) is 0 Å². The van der Waals surface area contributed by atoms with Crippen LogP contribution in [0.15, 0.2) is 0 Å². The van der Waals surface area contributed by atoms with Crippen LogP contribution in [-0.4, -0.2) is 38.0 Å². The standard InChI is InChI=1S/C5H6F11N3Si/c6-1(7,2(8,9)4(12,13)14)3(10,11)5(15,16)20(17,18)19/h17-19H2. The third-order valence-electron chi connectivity index (χ3n) is 2.08. The molecule has 15 heteroatoms.